The van der Waals surface area contributed by atoms with Crippen LogP contribution in [0.1, 0.15) is 21.7 Å². The number of rotatable bonds is 5. The fourth-order valence-electron chi connectivity index (χ4n) is 2.01. The molecule has 2 heterocycles. The van der Waals surface area contributed by atoms with Gasteiger partial charge < -0.3 is 0 Å². The number of hydrogen-bond donors (Lipinski definition) is 1. The maximum Gasteiger partial charge on any atom is 0.276 e. The van der Waals surface area contributed by atoms with Crippen LogP contribution < -0.4 is 5.32 Å². The number of amides is 1. The van der Waals surface area contributed by atoms with Crippen LogP contribution in [0.15, 0.2) is 46.8 Å². The van der Waals surface area contributed by atoms with Crippen LogP contribution >= 0.6 is 23.1 Å². The third-order valence-corrected chi connectivity index (χ3v) is 5.73. The first kappa shape index (κ1) is 17.5. The molecule has 1 aromatic carbocycles. The number of benzene rings is 1. The van der Waals surface area contributed by atoms with Gasteiger partial charge in [0.2, 0.25) is 0 Å². The summed E-state index contributed by atoms with van der Waals surface area (Å²) < 4.78 is 27.5. The van der Waals surface area contributed by atoms with Crippen molar-refractivity contribution in [3.63, 3.8) is 0 Å². The Labute approximate surface area is 151 Å². The molecule has 4 nitrogen and oxygen atoms in total. The molecule has 0 saturated carbocycles. The summed E-state index contributed by atoms with van der Waals surface area (Å²) in [5.74, 6) is -1.16. The number of halogens is 2. The van der Waals surface area contributed by atoms with Crippen molar-refractivity contribution in [1.82, 2.24) is 9.97 Å². The van der Waals surface area contributed by atoms with Crippen LogP contribution in [0.4, 0.5) is 13.9 Å². The molecular weight excluding hydrogens is 364 g/mol. The third kappa shape index (κ3) is 4.40. The van der Waals surface area contributed by atoms with Gasteiger partial charge in [-0.2, -0.15) is 0 Å². The molecule has 1 N–H and O–H groups in total. The largest absolute Gasteiger partial charge is 0.296 e. The summed E-state index contributed by atoms with van der Waals surface area (Å²) in [4.78, 5) is 20.4. The molecule has 0 radical (unpaired) electrons. The fourth-order valence-corrected chi connectivity index (χ4v) is 4.13. The first-order valence-electron chi connectivity index (χ1n) is 7.29. The van der Waals surface area contributed by atoms with Gasteiger partial charge in [-0.25, -0.2) is 13.8 Å². The molecule has 128 valence electrons. The van der Waals surface area contributed by atoms with Gasteiger partial charge in [-0.1, -0.05) is 23.5 Å². The van der Waals surface area contributed by atoms with Crippen molar-refractivity contribution in [1.29, 1.82) is 0 Å². The van der Waals surface area contributed by atoms with Crippen molar-refractivity contribution in [2.45, 2.75) is 16.9 Å². The number of aromatic nitrogens is 2. The summed E-state index contributed by atoms with van der Waals surface area (Å²) in [5, 5.41) is 3.16. The Hall–Kier alpha value is -2.32. The van der Waals surface area contributed by atoms with E-state index in [9.17, 15) is 13.6 Å². The molecule has 0 bridgehead atoms. The molecule has 0 atom stereocenters. The summed E-state index contributed by atoms with van der Waals surface area (Å²) in [6.45, 7) is 1.82. The Kier molecular flexibility index (Phi) is 5.40. The number of nitrogens with zero attached hydrogens (tertiary/aromatic N) is 2. The van der Waals surface area contributed by atoms with Gasteiger partial charge in [-0.15, -0.1) is 11.8 Å². The highest BCUT2D eigenvalue weighted by Gasteiger charge is 2.14. The third-order valence-electron chi connectivity index (χ3n) is 3.25. The van der Waals surface area contributed by atoms with Gasteiger partial charge >= 0.3 is 0 Å². The molecule has 0 spiro atoms. The van der Waals surface area contributed by atoms with E-state index in [-0.39, 0.29) is 5.91 Å². The maximum absolute atomic E-state index is 13.7. The molecule has 3 rings (SSSR count). The van der Waals surface area contributed by atoms with Gasteiger partial charge in [-0.05, 0) is 30.7 Å². The van der Waals surface area contributed by atoms with Crippen molar-refractivity contribution in [2.75, 3.05) is 5.32 Å². The van der Waals surface area contributed by atoms with Crippen molar-refractivity contribution in [3.05, 3.63) is 71.2 Å². The highest BCUT2D eigenvalue weighted by Crippen LogP contribution is 2.34. The average Bonchev–Trinajstić information content (AvgIpc) is 2.94. The molecule has 3 aromatic rings. The van der Waals surface area contributed by atoms with E-state index < -0.39 is 11.6 Å². The van der Waals surface area contributed by atoms with Crippen molar-refractivity contribution in [3.8, 4) is 0 Å². The zero-order chi connectivity index (χ0) is 17.8. The standard InChI is InChI=1S/C17H13F2N3OS2/c1-10-16(24-9-11-5-6-12(18)8-13(11)19)25-17(21-10)22-15(23)14-4-2-3-7-20-14/h2-8H,9H2,1H3,(H,21,22,23). The van der Waals surface area contributed by atoms with E-state index in [2.05, 4.69) is 15.3 Å². The minimum atomic E-state index is -0.597. The van der Waals surface area contributed by atoms with Crippen LogP contribution in [0.3, 0.4) is 0 Å². The van der Waals surface area contributed by atoms with Crippen LogP contribution in [0.5, 0.6) is 0 Å². The number of nitrogens with one attached hydrogen (secondary N) is 1. The van der Waals surface area contributed by atoms with Gasteiger partial charge in [-0.3, -0.25) is 15.1 Å². The first-order chi connectivity index (χ1) is 12.0. The zero-order valence-electron chi connectivity index (χ0n) is 13.1. The van der Waals surface area contributed by atoms with Crippen LogP contribution in [-0.4, -0.2) is 15.9 Å². The molecular formula is C17H13F2N3OS2. The van der Waals surface area contributed by atoms with Gasteiger partial charge in [0.15, 0.2) is 5.13 Å². The van der Waals surface area contributed by atoms with E-state index in [0.717, 1.165) is 16.0 Å². The van der Waals surface area contributed by atoms with Crippen LogP contribution in [0.25, 0.3) is 0 Å². The predicted octanol–water partition coefficient (Wildman–Crippen LogP) is 4.67. The van der Waals surface area contributed by atoms with Gasteiger partial charge in [0.25, 0.3) is 5.91 Å². The topological polar surface area (TPSA) is 54.9 Å². The second kappa shape index (κ2) is 7.71. The summed E-state index contributed by atoms with van der Waals surface area (Å²) in [6.07, 6.45) is 1.54. The molecule has 0 aliphatic rings. The number of thiazole rings is 1. The molecule has 1 amide bonds. The lowest BCUT2D eigenvalue weighted by molar-refractivity contribution is 0.102. The minimum absolute atomic E-state index is 0.304. The Balaban J connectivity index is 1.67. The smallest absolute Gasteiger partial charge is 0.276 e. The monoisotopic (exact) mass is 377 g/mol. The fraction of sp³-hybridized carbons (Fsp3) is 0.118. The van der Waals surface area contributed by atoms with Gasteiger partial charge in [0, 0.05) is 18.0 Å². The predicted molar refractivity (Wildman–Crippen MR) is 95.0 cm³/mol. The maximum atomic E-state index is 13.7. The van der Waals surface area contributed by atoms with Crippen molar-refractivity contribution < 1.29 is 13.6 Å². The van der Waals surface area contributed by atoms with Crippen molar-refractivity contribution in [2.24, 2.45) is 0 Å². The molecule has 0 saturated heterocycles. The minimum Gasteiger partial charge on any atom is -0.296 e. The number of carbonyl (C=O) groups excluding carboxylic acids is 1. The number of aryl methyl sites for hydroxylation is 1. The summed E-state index contributed by atoms with van der Waals surface area (Å²) in [7, 11) is 0. The molecule has 8 heteroatoms. The highest BCUT2D eigenvalue weighted by atomic mass is 32.2. The number of hydrogen-bond acceptors (Lipinski definition) is 5. The van der Waals surface area contributed by atoms with Crippen LogP contribution in [-0.2, 0) is 5.75 Å². The molecule has 0 unspecified atom stereocenters. The van der Waals surface area contributed by atoms with Crippen LogP contribution in [0.2, 0.25) is 0 Å². The average molecular weight is 377 g/mol. The molecule has 2 aromatic heterocycles. The second-order valence-corrected chi connectivity index (χ2v) is 7.33. The Bertz CT molecular complexity index is 900. The summed E-state index contributed by atoms with van der Waals surface area (Å²) in [5.41, 5.74) is 1.46. The lowest BCUT2D eigenvalue weighted by Crippen LogP contribution is -2.13. The van der Waals surface area contributed by atoms with E-state index in [0.29, 0.717) is 22.1 Å². The summed E-state index contributed by atoms with van der Waals surface area (Å²) in [6, 6.07) is 8.60. The van der Waals surface area contributed by atoms with E-state index in [1.54, 1.807) is 24.4 Å². The first-order valence-corrected chi connectivity index (χ1v) is 9.09. The quantitative estimate of drug-likeness (QED) is 0.657. The zero-order valence-corrected chi connectivity index (χ0v) is 14.8. The number of anilines is 1. The Morgan fingerprint density at radius 1 is 1.28 bits per heavy atom. The SMILES string of the molecule is Cc1nc(NC(=O)c2ccccn2)sc1SCc1ccc(F)cc1F. The lowest BCUT2D eigenvalue weighted by atomic mass is 10.2. The van der Waals surface area contributed by atoms with E-state index in [1.165, 1.54) is 35.2 Å². The second-order valence-electron chi connectivity index (χ2n) is 5.09. The normalized spacial score (nSPS) is 10.7. The van der Waals surface area contributed by atoms with Crippen molar-refractivity contribution >= 4 is 34.1 Å². The number of thioether (sulfide) groups is 1. The Morgan fingerprint density at radius 3 is 2.84 bits per heavy atom. The van der Waals surface area contributed by atoms with Crippen LogP contribution in [0, 0.1) is 18.6 Å². The summed E-state index contributed by atoms with van der Waals surface area (Å²) >= 11 is 2.70. The van der Waals surface area contributed by atoms with E-state index in [1.807, 2.05) is 6.92 Å². The molecule has 0 aliphatic carbocycles. The van der Waals surface area contributed by atoms with Gasteiger partial charge in [0.1, 0.15) is 17.3 Å². The van der Waals surface area contributed by atoms with E-state index in [4.69, 9.17) is 0 Å². The Morgan fingerprint density at radius 2 is 2.12 bits per heavy atom. The van der Waals surface area contributed by atoms with Gasteiger partial charge in [0.05, 0.1) is 9.90 Å². The number of pyridine rings is 1. The molecule has 0 fully saturated rings. The van der Waals surface area contributed by atoms with E-state index >= 15 is 0 Å². The lowest BCUT2D eigenvalue weighted by Gasteiger charge is -2.02. The number of carbonyl (C=O) groups is 1. The highest BCUT2D eigenvalue weighted by molar-refractivity contribution is 8.00. The molecule has 25 heavy (non-hydrogen) atoms. The molecule has 0 aliphatic heterocycles.